The molecule has 0 saturated carbocycles. The number of rotatable bonds is 7. The third kappa shape index (κ3) is 5.94. The fourth-order valence-electron chi connectivity index (χ4n) is 1.13. The summed E-state index contributed by atoms with van der Waals surface area (Å²) < 4.78 is 0. The summed E-state index contributed by atoms with van der Waals surface area (Å²) >= 11 is 0. The van der Waals surface area contributed by atoms with Gasteiger partial charge in [-0.15, -0.1) is 0 Å². The second-order valence-corrected chi connectivity index (χ2v) is 3.47. The van der Waals surface area contributed by atoms with E-state index in [1.807, 2.05) is 13.8 Å². The highest BCUT2D eigenvalue weighted by Crippen LogP contribution is 1.95. The largest absolute Gasteiger partial charge is 0.352 e. The number of nitrogens with one attached hydrogen (secondary N) is 2. The molecule has 0 aromatic heterocycles. The van der Waals surface area contributed by atoms with E-state index in [4.69, 9.17) is 4.84 Å². The van der Waals surface area contributed by atoms with Gasteiger partial charge in [0.05, 0.1) is 6.61 Å². The van der Waals surface area contributed by atoms with Crippen molar-refractivity contribution < 1.29 is 9.63 Å². The van der Waals surface area contributed by atoms with Crippen LogP contribution >= 0.6 is 0 Å². The molecule has 0 aliphatic heterocycles. The lowest BCUT2D eigenvalue weighted by molar-refractivity contribution is -0.127. The van der Waals surface area contributed by atoms with Crippen LogP contribution in [0, 0.1) is 0 Å². The van der Waals surface area contributed by atoms with Crippen molar-refractivity contribution >= 4 is 5.91 Å². The van der Waals surface area contributed by atoms with Crippen LogP contribution < -0.4 is 10.8 Å². The van der Waals surface area contributed by atoms with E-state index >= 15 is 0 Å². The molecule has 1 amide bonds. The SMILES string of the molecule is CCCC(C)NC(=O)C(C)NOCC. The Hall–Kier alpha value is -0.610. The molecule has 0 rings (SSSR count). The van der Waals surface area contributed by atoms with E-state index in [1.54, 1.807) is 6.92 Å². The van der Waals surface area contributed by atoms with E-state index in [0.29, 0.717) is 6.61 Å². The van der Waals surface area contributed by atoms with Gasteiger partial charge in [0.2, 0.25) is 5.91 Å². The van der Waals surface area contributed by atoms with E-state index < -0.39 is 0 Å². The van der Waals surface area contributed by atoms with Gasteiger partial charge >= 0.3 is 0 Å². The van der Waals surface area contributed by atoms with Gasteiger partial charge in [0, 0.05) is 6.04 Å². The zero-order chi connectivity index (χ0) is 11.0. The number of carbonyl (C=O) groups excluding carboxylic acids is 1. The highest BCUT2D eigenvalue weighted by molar-refractivity contribution is 5.81. The van der Waals surface area contributed by atoms with Crippen molar-refractivity contribution in [3.8, 4) is 0 Å². The predicted octanol–water partition coefficient (Wildman–Crippen LogP) is 1.22. The van der Waals surface area contributed by atoms with Crippen LogP contribution in [0.4, 0.5) is 0 Å². The van der Waals surface area contributed by atoms with Gasteiger partial charge in [-0.2, -0.15) is 5.48 Å². The lowest BCUT2D eigenvalue weighted by atomic mass is 10.2. The van der Waals surface area contributed by atoms with Crippen molar-refractivity contribution in [1.82, 2.24) is 10.8 Å². The number of carbonyl (C=O) groups is 1. The monoisotopic (exact) mass is 202 g/mol. The van der Waals surface area contributed by atoms with E-state index in [0.717, 1.165) is 12.8 Å². The summed E-state index contributed by atoms with van der Waals surface area (Å²) in [6.45, 7) is 8.32. The predicted molar refractivity (Wildman–Crippen MR) is 56.7 cm³/mol. The zero-order valence-corrected chi connectivity index (χ0v) is 9.59. The number of hydrogen-bond acceptors (Lipinski definition) is 3. The van der Waals surface area contributed by atoms with Crippen LogP contribution in [-0.2, 0) is 9.63 Å². The Balaban J connectivity index is 3.71. The van der Waals surface area contributed by atoms with Crippen LogP contribution in [0.5, 0.6) is 0 Å². The Labute approximate surface area is 86.4 Å². The number of amides is 1. The van der Waals surface area contributed by atoms with Gasteiger partial charge in [-0.3, -0.25) is 4.79 Å². The van der Waals surface area contributed by atoms with E-state index in [2.05, 4.69) is 17.7 Å². The van der Waals surface area contributed by atoms with Crippen molar-refractivity contribution in [2.24, 2.45) is 0 Å². The standard InChI is InChI=1S/C10H22N2O2/c1-5-7-8(3)11-10(13)9(4)12-14-6-2/h8-9,12H,5-7H2,1-4H3,(H,11,13). The highest BCUT2D eigenvalue weighted by atomic mass is 16.6. The first-order valence-corrected chi connectivity index (χ1v) is 5.29. The molecule has 0 fully saturated rings. The third-order valence-electron chi connectivity index (χ3n) is 1.91. The van der Waals surface area contributed by atoms with Crippen LogP contribution in [-0.4, -0.2) is 24.6 Å². The van der Waals surface area contributed by atoms with Crippen LogP contribution in [0.3, 0.4) is 0 Å². The summed E-state index contributed by atoms with van der Waals surface area (Å²) in [5, 5.41) is 2.91. The summed E-state index contributed by atoms with van der Waals surface area (Å²) in [7, 11) is 0. The molecule has 4 nitrogen and oxygen atoms in total. The van der Waals surface area contributed by atoms with Crippen molar-refractivity contribution in [1.29, 1.82) is 0 Å². The van der Waals surface area contributed by atoms with E-state index in [9.17, 15) is 4.79 Å². The normalized spacial score (nSPS) is 14.9. The topological polar surface area (TPSA) is 50.4 Å². The van der Waals surface area contributed by atoms with Crippen molar-refractivity contribution in [2.75, 3.05) is 6.61 Å². The van der Waals surface area contributed by atoms with Crippen molar-refractivity contribution in [2.45, 2.75) is 52.6 Å². The molecule has 0 aliphatic carbocycles. The smallest absolute Gasteiger partial charge is 0.239 e. The fourth-order valence-corrected chi connectivity index (χ4v) is 1.13. The van der Waals surface area contributed by atoms with Crippen molar-refractivity contribution in [3.05, 3.63) is 0 Å². The minimum Gasteiger partial charge on any atom is -0.352 e. The molecule has 0 radical (unpaired) electrons. The first-order chi connectivity index (χ1) is 6.61. The zero-order valence-electron chi connectivity index (χ0n) is 9.59. The summed E-state index contributed by atoms with van der Waals surface area (Å²) in [4.78, 5) is 16.4. The first-order valence-electron chi connectivity index (χ1n) is 5.29. The Morgan fingerprint density at radius 3 is 2.50 bits per heavy atom. The molecule has 0 aliphatic rings. The Morgan fingerprint density at radius 2 is 2.00 bits per heavy atom. The lowest BCUT2D eigenvalue weighted by Gasteiger charge is -2.17. The molecule has 0 aromatic rings. The molecule has 14 heavy (non-hydrogen) atoms. The molecule has 2 atom stereocenters. The molecule has 0 bridgehead atoms. The average molecular weight is 202 g/mol. The van der Waals surface area contributed by atoms with Crippen LogP contribution in [0.25, 0.3) is 0 Å². The van der Waals surface area contributed by atoms with E-state index in [-0.39, 0.29) is 18.0 Å². The Bertz CT molecular complexity index is 162. The van der Waals surface area contributed by atoms with Gasteiger partial charge in [-0.05, 0) is 27.2 Å². The minimum atomic E-state index is -0.297. The molecular weight excluding hydrogens is 180 g/mol. The average Bonchev–Trinajstić information content (AvgIpc) is 2.14. The fraction of sp³-hybridized carbons (Fsp3) is 0.900. The molecular formula is C10H22N2O2. The maximum atomic E-state index is 11.5. The third-order valence-corrected chi connectivity index (χ3v) is 1.91. The summed E-state index contributed by atoms with van der Waals surface area (Å²) in [5.41, 5.74) is 2.67. The molecule has 2 unspecified atom stereocenters. The van der Waals surface area contributed by atoms with Crippen molar-refractivity contribution in [3.63, 3.8) is 0 Å². The molecule has 0 saturated heterocycles. The van der Waals surface area contributed by atoms with Crippen LogP contribution in [0.2, 0.25) is 0 Å². The second-order valence-electron chi connectivity index (χ2n) is 3.47. The summed E-state index contributed by atoms with van der Waals surface area (Å²) in [6, 6.07) is -0.0624. The van der Waals surface area contributed by atoms with Crippen LogP contribution in [0.15, 0.2) is 0 Å². The first kappa shape index (κ1) is 13.4. The van der Waals surface area contributed by atoms with Gasteiger partial charge in [-0.1, -0.05) is 13.3 Å². The Kier molecular flexibility index (Phi) is 7.42. The molecule has 0 aromatic carbocycles. The summed E-state index contributed by atoms with van der Waals surface area (Å²) in [6.07, 6.45) is 2.09. The van der Waals surface area contributed by atoms with Gasteiger partial charge in [0.15, 0.2) is 0 Å². The van der Waals surface area contributed by atoms with Gasteiger partial charge in [-0.25, -0.2) is 0 Å². The molecule has 84 valence electrons. The van der Waals surface area contributed by atoms with Gasteiger partial charge in [0.1, 0.15) is 6.04 Å². The second kappa shape index (κ2) is 7.76. The molecule has 0 spiro atoms. The number of hydroxylamine groups is 1. The quantitative estimate of drug-likeness (QED) is 0.610. The highest BCUT2D eigenvalue weighted by Gasteiger charge is 2.13. The molecule has 0 heterocycles. The lowest BCUT2D eigenvalue weighted by Crippen LogP contribution is -2.45. The maximum absolute atomic E-state index is 11.5. The number of hydrogen-bond donors (Lipinski definition) is 2. The Morgan fingerprint density at radius 1 is 1.36 bits per heavy atom. The van der Waals surface area contributed by atoms with Crippen LogP contribution in [0.1, 0.15) is 40.5 Å². The molecule has 2 N–H and O–H groups in total. The maximum Gasteiger partial charge on any atom is 0.239 e. The van der Waals surface area contributed by atoms with Gasteiger partial charge < -0.3 is 10.2 Å². The molecule has 4 heteroatoms. The van der Waals surface area contributed by atoms with Gasteiger partial charge in [0.25, 0.3) is 0 Å². The summed E-state index contributed by atoms with van der Waals surface area (Å²) in [5.74, 6) is -0.0144. The minimum absolute atomic E-state index is 0.0144. The van der Waals surface area contributed by atoms with E-state index in [1.165, 1.54) is 0 Å².